The number of hydrogen-bond donors (Lipinski definition) is 3. The first-order valence-corrected chi connectivity index (χ1v) is 9.18. The summed E-state index contributed by atoms with van der Waals surface area (Å²) in [6.45, 7) is 1.65. The van der Waals surface area contributed by atoms with Gasteiger partial charge in [-0.25, -0.2) is 0 Å². The van der Waals surface area contributed by atoms with Crippen molar-refractivity contribution in [2.75, 3.05) is 7.11 Å². The van der Waals surface area contributed by atoms with Crippen LogP contribution in [0.25, 0.3) is 10.8 Å². The minimum absolute atomic E-state index is 0.00183. The first-order chi connectivity index (χ1) is 12.7. The highest BCUT2D eigenvalue weighted by Crippen LogP contribution is 2.44. The van der Waals surface area contributed by atoms with Crippen LogP contribution >= 0.6 is 0 Å². The monoisotopic (exact) mass is 388 g/mol. The number of fused-ring (bicyclic) bond motifs is 1. The number of rotatable bonds is 4. The number of aryl methyl sites for hydroxylation is 1. The fourth-order valence-corrected chi connectivity index (χ4v) is 3.23. The summed E-state index contributed by atoms with van der Waals surface area (Å²) >= 11 is 0. The number of phenolic OH excluding ortho intramolecular Hbond substituents is 2. The van der Waals surface area contributed by atoms with Crippen molar-refractivity contribution in [1.29, 1.82) is 0 Å². The van der Waals surface area contributed by atoms with Gasteiger partial charge in [0.05, 0.1) is 17.4 Å². The lowest BCUT2D eigenvalue weighted by Crippen LogP contribution is -1.98. The van der Waals surface area contributed by atoms with Crippen LogP contribution in [0.15, 0.2) is 57.6 Å². The SMILES string of the molecule is COc1ccccc1N=Nc1c(C)cc2cc(S(=O)(=O)O)cc(O)c2c1O. The molecule has 0 aromatic heterocycles. The van der Waals surface area contributed by atoms with Crippen molar-refractivity contribution in [3.05, 3.63) is 48.0 Å². The zero-order valence-corrected chi connectivity index (χ0v) is 15.2. The highest BCUT2D eigenvalue weighted by atomic mass is 32.2. The molecule has 9 heteroatoms. The number of para-hydroxylation sites is 1. The summed E-state index contributed by atoms with van der Waals surface area (Å²) in [7, 11) is -3.01. The molecule has 3 N–H and O–H groups in total. The summed E-state index contributed by atoms with van der Waals surface area (Å²) in [6, 6.07) is 10.5. The number of aromatic hydroxyl groups is 2. The molecule has 3 aromatic rings. The number of phenols is 2. The molecule has 0 saturated heterocycles. The maximum absolute atomic E-state index is 11.3. The average Bonchev–Trinajstić information content (AvgIpc) is 2.60. The third-order valence-electron chi connectivity index (χ3n) is 3.97. The fraction of sp³-hybridized carbons (Fsp3) is 0.111. The van der Waals surface area contributed by atoms with Crippen molar-refractivity contribution in [1.82, 2.24) is 0 Å². The minimum atomic E-state index is -4.50. The molecule has 0 aliphatic rings. The van der Waals surface area contributed by atoms with Crippen molar-refractivity contribution >= 4 is 32.3 Å². The van der Waals surface area contributed by atoms with Gasteiger partial charge in [0.25, 0.3) is 10.1 Å². The molecule has 0 amide bonds. The molecule has 0 heterocycles. The van der Waals surface area contributed by atoms with Crippen LogP contribution < -0.4 is 4.74 Å². The van der Waals surface area contributed by atoms with Crippen molar-refractivity contribution < 1.29 is 27.9 Å². The Bertz CT molecular complexity index is 1170. The molecule has 0 aliphatic carbocycles. The van der Waals surface area contributed by atoms with Gasteiger partial charge in [0.1, 0.15) is 22.9 Å². The summed E-state index contributed by atoms with van der Waals surface area (Å²) in [6.07, 6.45) is 0. The summed E-state index contributed by atoms with van der Waals surface area (Å²) < 4.78 is 37.0. The lowest BCUT2D eigenvalue weighted by Gasteiger charge is -2.10. The van der Waals surface area contributed by atoms with E-state index in [1.165, 1.54) is 13.2 Å². The Morgan fingerprint density at radius 2 is 1.74 bits per heavy atom. The van der Waals surface area contributed by atoms with Crippen molar-refractivity contribution in [2.45, 2.75) is 11.8 Å². The molecular formula is C18H16N2O6S. The Hall–Kier alpha value is -3.17. The predicted octanol–water partition coefficient (Wildman–Crippen LogP) is 4.23. The number of ether oxygens (including phenoxy) is 1. The minimum Gasteiger partial charge on any atom is -0.507 e. The Morgan fingerprint density at radius 3 is 2.41 bits per heavy atom. The van der Waals surface area contributed by atoms with Crippen molar-refractivity contribution in [2.24, 2.45) is 10.2 Å². The van der Waals surface area contributed by atoms with Gasteiger partial charge in [-0.15, -0.1) is 10.2 Å². The van der Waals surface area contributed by atoms with Crippen LogP contribution in [-0.2, 0) is 10.1 Å². The Balaban J connectivity index is 2.18. The van der Waals surface area contributed by atoms with E-state index < -0.39 is 20.8 Å². The second-order valence-electron chi connectivity index (χ2n) is 5.78. The van der Waals surface area contributed by atoms with Crippen LogP contribution in [0.3, 0.4) is 0 Å². The summed E-state index contributed by atoms with van der Waals surface area (Å²) in [4.78, 5) is -0.477. The molecule has 0 spiro atoms. The van der Waals surface area contributed by atoms with Crippen LogP contribution in [-0.4, -0.2) is 30.3 Å². The molecule has 3 rings (SSSR count). The van der Waals surface area contributed by atoms with Gasteiger partial charge in [0.15, 0.2) is 5.75 Å². The van der Waals surface area contributed by atoms with E-state index in [2.05, 4.69) is 10.2 Å². The van der Waals surface area contributed by atoms with E-state index >= 15 is 0 Å². The van der Waals surface area contributed by atoms with E-state index in [9.17, 15) is 23.2 Å². The van der Waals surface area contributed by atoms with Gasteiger partial charge in [-0.3, -0.25) is 4.55 Å². The van der Waals surface area contributed by atoms with Crippen molar-refractivity contribution in [3.63, 3.8) is 0 Å². The first kappa shape index (κ1) is 18.6. The summed E-state index contributed by atoms with van der Waals surface area (Å²) in [5.74, 6) is -0.366. The Labute approximate surface area is 155 Å². The quantitative estimate of drug-likeness (QED) is 0.453. The number of nitrogens with zero attached hydrogens (tertiary/aromatic N) is 2. The zero-order valence-electron chi connectivity index (χ0n) is 14.4. The van der Waals surface area contributed by atoms with Gasteiger partial charge in [-0.2, -0.15) is 8.42 Å². The Morgan fingerprint density at radius 1 is 1.04 bits per heavy atom. The number of methoxy groups -OCH3 is 1. The van der Waals surface area contributed by atoms with E-state index in [1.807, 2.05) is 0 Å². The van der Waals surface area contributed by atoms with Gasteiger partial charge in [0.2, 0.25) is 0 Å². The van der Waals surface area contributed by atoms with E-state index in [-0.39, 0.29) is 22.2 Å². The van der Waals surface area contributed by atoms with Gasteiger partial charge in [-0.1, -0.05) is 12.1 Å². The lowest BCUT2D eigenvalue weighted by atomic mass is 10.0. The Kier molecular flexibility index (Phi) is 4.73. The van der Waals surface area contributed by atoms with E-state index in [1.54, 1.807) is 31.2 Å². The molecule has 3 aromatic carbocycles. The standard InChI is InChI=1S/C18H16N2O6S/c1-10-7-11-8-12(27(23,24)25)9-14(21)16(11)18(22)17(10)20-19-13-5-3-4-6-15(13)26-2/h3-9,21-22H,1-2H3,(H,23,24,25). The number of azo groups is 1. The third kappa shape index (κ3) is 3.55. The maximum Gasteiger partial charge on any atom is 0.294 e. The van der Waals surface area contributed by atoms with Gasteiger partial charge in [0, 0.05) is 6.07 Å². The molecule has 0 bridgehead atoms. The van der Waals surface area contributed by atoms with Gasteiger partial charge < -0.3 is 14.9 Å². The second kappa shape index (κ2) is 6.86. The molecular weight excluding hydrogens is 372 g/mol. The normalized spacial score (nSPS) is 12.0. The number of benzene rings is 3. The van der Waals surface area contributed by atoms with Gasteiger partial charge >= 0.3 is 0 Å². The average molecular weight is 388 g/mol. The molecule has 0 fully saturated rings. The highest BCUT2D eigenvalue weighted by Gasteiger charge is 2.18. The topological polar surface area (TPSA) is 129 Å². The summed E-state index contributed by atoms with van der Waals surface area (Å²) in [5.41, 5.74) is 1.05. The van der Waals surface area contributed by atoms with Crippen LogP contribution in [0.5, 0.6) is 17.2 Å². The molecule has 8 nitrogen and oxygen atoms in total. The number of hydrogen-bond acceptors (Lipinski definition) is 7. The fourth-order valence-electron chi connectivity index (χ4n) is 2.69. The largest absolute Gasteiger partial charge is 0.507 e. The molecule has 0 unspecified atom stereocenters. The maximum atomic E-state index is 11.3. The smallest absolute Gasteiger partial charge is 0.294 e. The molecule has 0 aliphatic heterocycles. The summed E-state index contributed by atoms with van der Waals surface area (Å²) in [5, 5.41) is 29.1. The third-order valence-corrected chi connectivity index (χ3v) is 4.80. The molecule has 27 heavy (non-hydrogen) atoms. The molecule has 0 saturated carbocycles. The zero-order chi connectivity index (χ0) is 19.8. The highest BCUT2D eigenvalue weighted by molar-refractivity contribution is 7.85. The second-order valence-corrected chi connectivity index (χ2v) is 7.20. The van der Waals surface area contributed by atoms with E-state index in [4.69, 9.17) is 4.74 Å². The van der Waals surface area contributed by atoms with Crippen LogP contribution in [0.1, 0.15) is 5.56 Å². The molecule has 0 atom stereocenters. The van der Waals surface area contributed by atoms with E-state index in [0.29, 0.717) is 17.0 Å². The van der Waals surface area contributed by atoms with Gasteiger partial charge in [-0.05, 0) is 42.1 Å². The molecule has 0 radical (unpaired) electrons. The first-order valence-electron chi connectivity index (χ1n) is 7.74. The van der Waals surface area contributed by atoms with E-state index in [0.717, 1.165) is 12.1 Å². The van der Waals surface area contributed by atoms with Crippen LogP contribution in [0.4, 0.5) is 11.4 Å². The van der Waals surface area contributed by atoms with Crippen LogP contribution in [0, 0.1) is 6.92 Å². The molecule has 140 valence electrons. The van der Waals surface area contributed by atoms with Crippen molar-refractivity contribution in [3.8, 4) is 17.2 Å². The predicted molar refractivity (Wildman–Crippen MR) is 99.0 cm³/mol. The van der Waals surface area contributed by atoms with Crippen LogP contribution in [0.2, 0.25) is 0 Å². The lowest BCUT2D eigenvalue weighted by molar-refractivity contribution is 0.416.